The second-order valence-electron chi connectivity index (χ2n) is 3.91. The zero-order valence-electron chi connectivity index (χ0n) is 10.3. The fourth-order valence-electron chi connectivity index (χ4n) is 1.48. The van der Waals surface area contributed by atoms with E-state index in [4.69, 9.17) is 0 Å². The maximum absolute atomic E-state index is 12.7. The van der Waals surface area contributed by atoms with E-state index in [2.05, 4.69) is 20.7 Å². The average Bonchev–Trinajstić information content (AvgIpc) is 2.78. The van der Waals surface area contributed by atoms with Gasteiger partial charge >= 0.3 is 0 Å². The second kappa shape index (κ2) is 7.13. The highest BCUT2D eigenvalue weighted by atomic mass is 35.5. The maximum atomic E-state index is 12.7. The molecule has 0 radical (unpaired) electrons. The summed E-state index contributed by atoms with van der Waals surface area (Å²) < 4.78 is 12.7. The molecule has 1 aromatic heterocycles. The van der Waals surface area contributed by atoms with Crippen LogP contribution in [0.2, 0.25) is 0 Å². The molecule has 0 aliphatic carbocycles. The standard InChI is InChI=1S/C11H14FN5O.ClH/c1-17-15-11(14-16-17)10(18)7-13-6-8-2-4-9(12)5-3-8;/h2-5,10,13,18H,6-7H2,1H3;1H. The summed E-state index contributed by atoms with van der Waals surface area (Å²) in [5.41, 5.74) is 0.940. The monoisotopic (exact) mass is 287 g/mol. The van der Waals surface area contributed by atoms with Gasteiger partial charge in [0.1, 0.15) is 11.9 Å². The lowest BCUT2D eigenvalue weighted by molar-refractivity contribution is 0.164. The number of aryl methyl sites for hydroxylation is 1. The van der Waals surface area contributed by atoms with Crippen LogP contribution in [0, 0.1) is 5.82 Å². The van der Waals surface area contributed by atoms with Gasteiger partial charge in [-0.3, -0.25) is 0 Å². The van der Waals surface area contributed by atoms with Gasteiger partial charge in [-0.25, -0.2) is 4.39 Å². The zero-order valence-corrected chi connectivity index (χ0v) is 11.1. The zero-order chi connectivity index (χ0) is 13.0. The van der Waals surface area contributed by atoms with E-state index < -0.39 is 6.10 Å². The van der Waals surface area contributed by atoms with Gasteiger partial charge in [-0.15, -0.1) is 22.6 Å². The Balaban J connectivity index is 0.00000180. The van der Waals surface area contributed by atoms with Crippen LogP contribution in [0.3, 0.4) is 0 Å². The normalized spacial score (nSPS) is 11.9. The lowest BCUT2D eigenvalue weighted by atomic mass is 10.2. The Hall–Kier alpha value is -1.57. The topological polar surface area (TPSA) is 75.9 Å². The molecule has 0 aliphatic heterocycles. The van der Waals surface area contributed by atoms with E-state index in [1.807, 2.05) is 0 Å². The second-order valence-corrected chi connectivity index (χ2v) is 3.91. The molecule has 0 aliphatic rings. The molecule has 0 saturated heterocycles. The van der Waals surface area contributed by atoms with E-state index in [0.29, 0.717) is 13.1 Å². The van der Waals surface area contributed by atoms with Gasteiger partial charge in [0.25, 0.3) is 0 Å². The van der Waals surface area contributed by atoms with Gasteiger partial charge in [0, 0.05) is 13.1 Å². The van der Waals surface area contributed by atoms with Crippen molar-refractivity contribution in [3.8, 4) is 0 Å². The first-order chi connectivity index (χ1) is 8.65. The number of aromatic nitrogens is 4. The first-order valence-electron chi connectivity index (χ1n) is 5.52. The number of rotatable bonds is 5. The molecule has 2 rings (SSSR count). The molecule has 104 valence electrons. The van der Waals surface area contributed by atoms with Crippen molar-refractivity contribution in [1.29, 1.82) is 0 Å². The van der Waals surface area contributed by atoms with Gasteiger partial charge in [0.05, 0.1) is 7.05 Å². The molecule has 2 N–H and O–H groups in total. The summed E-state index contributed by atoms with van der Waals surface area (Å²) in [6.45, 7) is 0.848. The number of aliphatic hydroxyl groups is 1. The largest absolute Gasteiger partial charge is 0.384 e. The highest BCUT2D eigenvalue weighted by molar-refractivity contribution is 5.85. The predicted molar refractivity (Wildman–Crippen MR) is 69.1 cm³/mol. The molecular formula is C11H15ClFN5O. The van der Waals surface area contributed by atoms with Crippen molar-refractivity contribution in [2.24, 2.45) is 7.05 Å². The number of hydrogen-bond acceptors (Lipinski definition) is 5. The number of aliphatic hydroxyl groups excluding tert-OH is 1. The van der Waals surface area contributed by atoms with Crippen LogP contribution in [0.4, 0.5) is 4.39 Å². The Morgan fingerprint density at radius 3 is 2.63 bits per heavy atom. The highest BCUT2D eigenvalue weighted by Crippen LogP contribution is 2.05. The number of halogens is 2. The van der Waals surface area contributed by atoms with Crippen LogP contribution < -0.4 is 5.32 Å². The van der Waals surface area contributed by atoms with Gasteiger partial charge in [0.15, 0.2) is 0 Å². The molecule has 0 bridgehead atoms. The highest BCUT2D eigenvalue weighted by Gasteiger charge is 2.12. The summed E-state index contributed by atoms with van der Waals surface area (Å²) in [4.78, 5) is 1.29. The Kier molecular flexibility index (Phi) is 5.81. The molecule has 1 atom stereocenters. The number of nitrogens with one attached hydrogen (secondary N) is 1. The Bertz CT molecular complexity index is 504. The summed E-state index contributed by atoms with van der Waals surface area (Å²) in [6.07, 6.45) is -0.806. The van der Waals surface area contributed by atoms with E-state index in [1.54, 1.807) is 19.2 Å². The summed E-state index contributed by atoms with van der Waals surface area (Å²) in [5, 5.41) is 24.1. The smallest absolute Gasteiger partial charge is 0.204 e. The van der Waals surface area contributed by atoms with Gasteiger partial charge < -0.3 is 10.4 Å². The average molecular weight is 288 g/mol. The molecule has 6 nitrogen and oxygen atoms in total. The van der Waals surface area contributed by atoms with Crippen LogP contribution >= 0.6 is 12.4 Å². The summed E-state index contributed by atoms with van der Waals surface area (Å²) in [6, 6.07) is 6.18. The minimum Gasteiger partial charge on any atom is -0.384 e. The SMILES string of the molecule is Cl.Cn1nnc(C(O)CNCc2ccc(F)cc2)n1. The fraction of sp³-hybridized carbons (Fsp3) is 0.364. The number of nitrogens with zero attached hydrogens (tertiary/aromatic N) is 4. The third-order valence-electron chi connectivity index (χ3n) is 2.40. The van der Waals surface area contributed by atoms with Crippen LogP contribution in [0.1, 0.15) is 17.5 Å². The van der Waals surface area contributed by atoms with Gasteiger partial charge in [0.2, 0.25) is 5.82 Å². The number of tetrazole rings is 1. The Labute approximate surface area is 116 Å². The molecule has 0 fully saturated rings. The Morgan fingerprint density at radius 1 is 1.37 bits per heavy atom. The summed E-state index contributed by atoms with van der Waals surface area (Å²) >= 11 is 0. The van der Waals surface area contributed by atoms with Crippen LogP contribution in [0.15, 0.2) is 24.3 Å². The van der Waals surface area contributed by atoms with E-state index in [1.165, 1.54) is 16.9 Å². The van der Waals surface area contributed by atoms with Crippen LogP contribution in [-0.2, 0) is 13.6 Å². The third-order valence-corrected chi connectivity index (χ3v) is 2.40. The summed E-state index contributed by atoms with van der Waals surface area (Å²) in [5.74, 6) is 0.0200. The van der Waals surface area contributed by atoms with Gasteiger partial charge in [-0.2, -0.15) is 4.80 Å². The maximum Gasteiger partial charge on any atom is 0.204 e. The third kappa shape index (κ3) is 4.55. The Morgan fingerprint density at radius 2 is 2.05 bits per heavy atom. The molecule has 1 unspecified atom stereocenters. The van der Waals surface area contributed by atoms with Crippen LogP contribution in [-0.4, -0.2) is 31.9 Å². The molecule has 19 heavy (non-hydrogen) atoms. The molecular weight excluding hydrogens is 273 g/mol. The molecule has 0 amide bonds. The molecule has 1 aromatic carbocycles. The molecule has 1 heterocycles. The number of hydrogen-bond donors (Lipinski definition) is 2. The first kappa shape index (κ1) is 15.5. The van der Waals surface area contributed by atoms with E-state index in [0.717, 1.165) is 5.56 Å². The van der Waals surface area contributed by atoms with Crippen molar-refractivity contribution in [3.63, 3.8) is 0 Å². The van der Waals surface area contributed by atoms with Crippen molar-refractivity contribution in [2.45, 2.75) is 12.6 Å². The van der Waals surface area contributed by atoms with Crippen molar-refractivity contribution in [1.82, 2.24) is 25.5 Å². The molecule has 2 aromatic rings. The molecule has 0 saturated carbocycles. The van der Waals surface area contributed by atoms with Crippen molar-refractivity contribution < 1.29 is 9.50 Å². The van der Waals surface area contributed by atoms with E-state index in [-0.39, 0.29) is 24.0 Å². The van der Waals surface area contributed by atoms with Crippen LogP contribution in [0.25, 0.3) is 0 Å². The fourth-order valence-corrected chi connectivity index (χ4v) is 1.48. The quantitative estimate of drug-likeness (QED) is 0.842. The van der Waals surface area contributed by atoms with E-state index >= 15 is 0 Å². The van der Waals surface area contributed by atoms with E-state index in [9.17, 15) is 9.50 Å². The molecule has 8 heteroatoms. The van der Waals surface area contributed by atoms with Gasteiger partial charge in [-0.1, -0.05) is 12.1 Å². The molecule has 0 spiro atoms. The first-order valence-corrected chi connectivity index (χ1v) is 5.52. The van der Waals surface area contributed by atoms with Crippen molar-refractivity contribution >= 4 is 12.4 Å². The lowest BCUT2D eigenvalue weighted by Crippen LogP contribution is -2.22. The lowest BCUT2D eigenvalue weighted by Gasteiger charge is -2.08. The van der Waals surface area contributed by atoms with Crippen molar-refractivity contribution in [3.05, 3.63) is 41.5 Å². The summed E-state index contributed by atoms with van der Waals surface area (Å²) in [7, 11) is 1.63. The van der Waals surface area contributed by atoms with Gasteiger partial charge in [-0.05, 0) is 22.9 Å². The van der Waals surface area contributed by atoms with Crippen molar-refractivity contribution in [2.75, 3.05) is 6.54 Å². The minimum atomic E-state index is -0.806. The predicted octanol–water partition coefficient (Wildman–Crippen LogP) is 0.594. The minimum absolute atomic E-state index is 0. The van der Waals surface area contributed by atoms with Crippen LogP contribution in [0.5, 0.6) is 0 Å². The number of benzene rings is 1.